The van der Waals surface area contributed by atoms with E-state index in [0.29, 0.717) is 11.5 Å². The van der Waals surface area contributed by atoms with E-state index in [1.165, 1.54) is 25.7 Å². The molecule has 2 atom stereocenters. The summed E-state index contributed by atoms with van der Waals surface area (Å²) < 4.78 is 5.64. The molecule has 0 radical (unpaired) electrons. The third-order valence-electron chi connectivity index (χ3n) is 4.04. The average Bonchev–Trinajstić information content (AvgIpc) is 2.30. The molecule has 2 rings (SSSR count). The van der Waals surface area contributed by atoms with Crippen LogP contribution in [0.15, 0.2) is 0 Å². The van der Waals surface area contributed by atoms with Gasteiger partial charge in [-0.1, -0.05) is 6.42 Å². The molecule has 0 bridgehead atoms. The Balaban J connectivity index is 2.11. The molecule has 2 nitrogen and oxygen atoms in total. The molecule has 70 valence electrons. The van der Waals surface area contributed by atoms with Gasteiger partial charge < -0.3 is 10.5 Å². The fourth-order valence-electron chi connectivity index (χ4n) is 2.75. The highest BCUT2D eigenvalue weighted by Gasteiger charge is 2.48. The van der Waals surface area contributed by atoms with Gasteiger partial charge in [0, 0.05) is 18.6 Å². The monoisotopic (exact) mass is 169 g/mol. The van der Waals surface area contributed by atoms with Crippen LogP contribution in [0.4, 0.5) is 0 Å². The van der Waals surface area contributed by atoms with Crippen molar-refractivity contribution in [1.82, 2.24) is 0 Å². The van der Waals surface area contributed by atoms with Crippen molar-refractivity contribution < 1.29 is 4.74 Å². The average molecular weight is 169 g/mol. The van der Waals surface area contributed by atoms with Crippen molar-refractivity contribution in [3.63, 3.8) is 0 Å². The van der Waals surface area contributed by atoms with E-state index < -0.39 is 0 Å². The van der Waals surface area contributed by atoms with Crippen LogP contribution in [-0.4, -0.2) is 19.3 Å². The van der Waals surface area contributed by atoms with E-state index in [1.54, 1.807) is 0 Å². The minimum atomic E-state index is 0.345. The number of hydrogen-bond acceptors (Lipinski definition) is 2. The van der Waals surface area contributed by atoms with Crippen molar-refractivity contribution in [3.8, 4) is 0 Å². The summed E-state index contributed by atoms with van der Waals surface area (Å²) in [5.41, 5.74) is 6.24. The molecule has 12 heavy (non-hydrogen) atoms. The van der Waals surface area contributed by atoms with Crippen LogP contribution in [0, 0.1) is 11.3 Å². The van der Waals surface area contributed by atoms with Crippen LogP contribution in [-0.2, 0) is 4.74 Å². The summed E-state index contributed by atoms with van der Waals surface area (Å²) in [5, 5.41) is 0. The topological polar surface area (TPSA) is 35.2 Å². The van der Waals surface area contributed by atoms with Crippen LogP contribution in [0.2, 0.25) is 0 Å². The summed E-state index contributed by atoms with van der Waals surface area (Å²) in [6.07, 6.45) is 5.75. The van der Waals surface area contributed by atoms with Gasteiger partial charge in [-0.2, -0.15) is 0 Å². The molecule has 0 aromatic heterocycles. The van der Waals surface area contributed by atoms with Gasteiger partial charge in [0.05, 0.1) is 6.10 Å². The van der Waals surface area contributed by atoms with Crippen LogP contribution in [0.25, 0.3) is 0 Å². The standard InChI is InChI=1S/C10H19NO/c1-8-10(7-11,5-6-12-8)9-3-2-4-9/h8-9H,2-7,11H2,1H3. The lowest BCUT2D eigenvalue weighted by atomic mass is 9.62. The van der Waals surface area contributed by atoms with E-state index in [0.717, 1.165) is 19.1 Å². The van der Waals surface area contributed by atoms with E-state index in [2.05, 4.69) is 6.92 Å². The summed E-state index contributed by atoms with van der Waals surface area (Å²) in [6, 6.07) is 0. The molecule has 0 aromatic rings. The fraction of sp³-hybridized carbons (Fsp3) is 1.00. The van der Waals surface area contributed by atoms with Gasteiger partial charge in [-0.15, -0.1) is 0 Å². The summed E-state index contributed by atoms with van der Waals surface area (Å²) in [6.45, 7) is 3.94. The molecule has 1 saturated heterocycles. The summed E-state index contributed by atoms with van der Waals surface area (Å²) in [5.74, 6) is 0.861. The molecule has 0 aromatic carbocycles. The van der Waals surface area contributed by atoms with Crippen LogP contribution in [0.5, 0.6) is 0 Å². The molecule has 2 heteroatoms. The third kappa shape index (κ3) is 1.01. The van der Waals surface area contributed by atoms with Gasteiger partial charge in [0.1, 0.15) is 0 Å². The van der Waals surface area contributed by atoms with E-state index in [4.69, 9.17) is 10.5 Å². The lowest BCUT2D eigenvalue weighted by Crippen LogP contribution is -2.46. The Kier molecular flexibility index (Phi) is 2.13. The first-order valence-corrected chi connectivity index (χ1v) is 5.11. The van der Waals surface area contributed by atoms with Crippen molar-refractivity contribution in [2.45, 2.75) is 38.7 Å². The van der Waals surface area contributed by atoms with Gasteiger partial charge in [-0.05, 0) is 32.1 Å². The predicted octanol–water partition coefficient (Wildman–Crippen LogP) is 1.54. The molecule has 2 unspecified atom stereocenters. The van der Waals surface area contributed by atoms with E-state index in [9.17, 15) is 0 Å². The molecule has 0 amide bonds. The zero-order valence-corrected chi connectivity index (χ0v) is 7.88. The van der Waals surface area contributed by atoms with E-state index >= 15 is 0 Å². The molecule has 0 spiro atoms. The molecule has 2 N–H and O–H groups in total. The number of ether oxygens (including phenoxy) is 1. The molecular formula is C10H19NO. The first-order chi connectivity index (χ1) is 5.79. The van der Waals surface area contributed by atoms with Crippen molar-refractivity contribution in [2.75, 3.05) is 13.2 Å². The van der Waals surface area contributed by atoms with Gasteiger partial charge in [-0.25, -0.2) is 0 Å². The van der Waals surface area contributed by atoms with Crippen LogP contribution in [0.3, 0.4) is 0 Å². The van der Waals surface area contributed by atoms with Crippen molar-refractivity contribution in [1.29, 1.82) is 0 Å². The van der Waals surface area contributed by atoms with Gasteiger partial charge in [0.2, 0.25) is 0 Å². The molecule has 1 aliphatic carbocycles. The maximum Gasteiger partial charge on any atom is 0.0618 e. The Morgan fingerprint density at radius 2 is 2.25 bits per heavy atom. The minimum absolute atomic E-state index is 0.345. The first-order valence-electron chi connectivity index (χ1n) is 5.11. The van der Waals surface area contributed by atoms with Gasteiger partial charge >= 0.3 is 0 Å². The Morgan fingerprint density at radius 1 is 1.50 bits per heavy atom. The molecule has 2 aliphatic rings. The zero-order chi connectivity index (χ0) is 8.60. The van der Waals surface area contributed by atoms with Gasteiger partial charge in [-0.3, -0.25) is 0 Å². The quantitative estimate of drug-likeness (QED) is 0.680. The lowest BCUT2D eigenvalue weighted by Gasteiger charge is -2.44. The predicted molar refractivity (Wildman–Crippen MR) is 48.9 cm³/mol. The minimum Gasteiger partial charge on any atom is -0.378 e. The SMILES string of the molecule is CC1OCCC1(CN)C1CCC1. The third-order valence-corrected chi connectivity index (χ3v) is 4.04. The molecule has 2 fully saturated rings. The maximum atomic E-state index is 5.89. The summed E-state index contributed by atoms with van der Waals surface area (Å²) in [4.78, 5) is 0. The van der Waals surface area contributed by atoms with Gasteiger partial charge in [0.15, 0.2) is 0 Å². The molecule has 1 aliphatic heterocycles. The Morgan fingerprint density at radius 3 is 2.58 bits per heavy atom. The second kappa shape index (κ2) is 3.00. The van der Waals surface area contributed by atoms with Crippen LogP contribution in [0.1, 0.15) is 32.6 Å². The Hall–Kier alpha value is -0.0800. The number of nitrogens with two attached hydrogens (primary N) is 1. The Bertz CT molecular complexity index is 167. The van der Waals surface area contributed by atoms with E-state index in [-0.39, 0.29) is 0 Å². The summed E-state index contributed by atoms with van der Waals surface area (Å²) in [7, 11) is 0. The maximum absolute atomic E-state index is 5.89. The molecule has 1 saturated carbocycles. The fourth-order valence-corrected chi connectivity index (χ4v) is 2.75. The highest BCUT2D eigenvalue weighted by molar-refractivity contribution is 4.98. The number of hydrogen-bond donors (Lipinski definition) is 1. The van der Waals surface area contributed by atoms with Crippen molar-refractivity contribution >= 4 is 0 Å². The molecular weight excluding hydrogens is 150 g/mol. The van der Waals surface area contributed by atoms with Crippen molar-refractivity contribution in [3.05, 3.63) is 0 Å². The highest BCUT2D eigenvalue weighted by atomic mass is 16.5. The van der Waals surface area contributed by atoms with Crippen molar-refractivity contribution in [2.24, 2.45) is 17.1 Å². The zero-order valence-electron chi connectivity index (χ0n) is 7.88. The normalized spacial score (nSPS) is 43.0. The van der Waals surface area contributed by atoms with Crippen LogP contribution >= 0.6 is 0 Å². The summed E-state index contributed by atoms with van der Waals surface area (Å²) >= 11 is 0. The second-order valence-electron chi connectivity index (χ2n) is 4.33. The largest absolute Gasteiger partial charge is 0.378 e. The van der Waals surface area contributed by atoms with Crippen LogP contribution < -0.4 is 5.73 Å². The first kappa shape index (κ1) is 8.52. The second-order valence-corrected chi connectivity index (χ2v) is 4.33. The number of rotatable bonds is 2. The van der Waals surface area contributed by atoms with Gasteiger partial charge in [0.25, 0.3) is 0 Å². The Labute approximate surface area is 74.5 Å². The van der Waals surface area contributed by atoms with E-state index in [1.807, 2.05) is 0 Å². The molecule has 1 heterocycles. The smallest absolute Gasteiger partial charge is 0.0618 e. The lowest BCUT2D eigenvalue weighted by molar-refractivity contribution is 0.00518. The highest BCUT2D eigenvalue weighted by Crippen LogP contribution is 2.49.